The number of thioether (sulfide) groups is 1. The number of fused-ring (bicyclic) bond motifs is 1. The molecule has 0 aromatic heterocycles. The van der Waals surface area contributed by atoms with E-state index in [0.717, 1.165) is 41.6 Å². The van der Waals surface area contributed by atoms with Crippen LogP contribution in [0.4, 0.5) is 11.4 Å². The van der Waals surface area contributed by atoms with Gasteiger partial charge in [-0.05, 0) is 73.7 Å². The molecule has 2 aliphatic rings. The second-order valence-electron chi connectivity index (χ2n) is 10.6. The molecule has 41 heavy (non-hydrogen) atoms. The Hall–Kier alpha value is -3.84. The molecular weight excluding hydrogens is 528 g/mol. The van der Waals surface area contributed by atoms with Crippen molar-refractivity contribution >= 4 is 40.1 Å². The first-order valence-electron chi connectivity index (χ1n) is 14.6. The van der Waals surface area contributed by atoms with Crippen LogP contribution in [0, 0.1) is 0 Å². The van der Waals surface area contributed by atoms with Gasteiger partial charge in [-0.15, -0.1) is 0 Å². The summed E-state index contributed by atoms with van der Waals surface area (Å²) in [5.74, 6) is 0.697. The SMILES string of the molecule is CCCCCCc1ccc(C(=O)Nc2cccc(C3C(C(=O)Nc4ccccc4)=C(C)N=C4SCCCN43)c2)cc1. The van der Waals surface area contributed by atoms with Crippen LogP contribution in [-0.2, 0) is 11.2 Å². The number of amidine groups is 1. The molecular formula is C34H38N4O2S. The first-order chi connectivity index (χ1) is 20.0. The Kier molecular flexibility index (Phi) is 9.57. The van der Waals surface area contributed by atoms with Crippen molar-refractivity contribution in [1.82, 2.24) is 4.90 Å². The van der Waals surface area contributed by atoms with Crippen molar-refractivity contribution in [3.05, 3.63) is 107 Å². The molecule has 7 heteroatoms. The number of carbonyl (C=O) groups excluding carboxylic acids is 2. The Balaban J connectivity index is 1.36. The topological polar surface area (TPSA) is 73.8 Å². The minimum absolute atomic E-state index is 0.145. The Labute approximate surface area is 247 Å². The van der Waals surface area contributed by atoms with E-state index in [4.69, 9.17) is 4.99 Å². The van der Waals surface area contributed by atoms with Crippen molar-refractivity contribution in [1.29, 1.82) is 0 Å². The van der Waals surface area contributed by atoms with Gasteiger partial charge < -0.3 is 15.5 Å². The fourth-order valence-electron chi connectivity index (χ4n) is 5.39. The zero-order valence-corrected chi connectivity index (χ0v) is 24.7. The number of allylic oxidation sites excluding steroid dienone is 1. The van der Waals surface area contributed by atoms with Crippen LogP contribution in [0.2, 0.25) is 0 Å². The Bertz CT molecular complexity index is 1430. The summed E-state index contributed by atoms with van der Waals surface area (Å²) in [7, 11) is 0. The van der Waals surface area contributed by atoms with E-state index in [1.54, 1.807) is 11.8 Å². The van der Waals surface area contributed by atoms with Crippen molar-refractivity contribution in [2.45, 2.75) is 58.4 Å². The molecule has 3 aromatic carbocycles. The van der Waals surface area contributed by atoms with Crippen LogP contribution in [0.1, 0.15) is 73.5 Å². The highest BCUT2D eigenvalue weighted by molar-refractivity contribution is 8.13. The first kappa shape index (κ1) is 28.7. The first-order valence-corrected chi connectivity index (χ1v) is 15.6. The zero-order valence-electron chi connectivity index (χ0n) is 23.9. The van der Waals surface area contributed by atoms with E-state index in [2.05, 4.69) is 34.6 Å². The molecule has 0 aliphatic carbocycles. The number of para-hydroxylation sites is 1. The molecule has 1 saturated heterocycles. The monoisotopic (exact) mass is 566 g/mol. The number of carbonyl (C=O) groups is 2. The number of aliphatic imine (C=N–C) groups is 1. The van der Waals surface area contributed by atoms with Crippen LogP contribution in [-0.4, -0.2) is 34.2 Å². The maximum absolute atomic E-state index is 13.7. The number of hydrogen-bond donors (Lipinski definition) is 2. The summed E-state index contributed by atoms with van der Waals surface area (Å²) in [4.78, 5) is 33.9. The van der Waals surface area contributed by atoms with Gasteiger partial charge in [-0.1, -0.05) is 80.4 Å². The molecule has 2 heterocycles. The Morgan fingerprint density at radius 3 is 2.44 bits per heavy atom. The van der Waals surface area contributed by atoms with Crippen molar-refractivity contribution < 1.29 is 9.59 Å². The van der Waals surface area contributed by atoms with Crippen LogP contribution in [0.25, 0.3) is 0 Å². The minimum Gasteiger partial charge on any atom is -0.340 e. The van der Waals surface area contributed by atoms with E-state index in [1.165, 1.54) is 31.2 Å². The predicted octanol–water partition coefficient (Wildman–Crippen LogP) is 7.82. The lowest BCUT2D eigenvalue weighted by Gasteiger charge is -2.41. The van der Waals surface area contributed by atoms with Crippen molar-refractivity contribution in [2.24, 2.45) is 4.99 Å². The summed E-state index contributed by atoms with van der Waals surface area (Å²) in [6.45, 7) is 4.94. The van der Waals surface area contributed by atoms with Crippen LogP contribution in [0.15, 0.2) is 95.1 Å². The number of aryl methyl sites for hydroxylation is 1. The maximum Gasteiger partial charge on any atom is 0.255 e. The second kappa shape index (κ2) is 13.7. The van der Waals surface area contributed by atoms with Crippen LogP contribution < -0.4 is 10.6 Å². The molecule has 2 amide bonds. The van der Waals surface area contributed by atoms with E-state index in [0.29, 0.717) is 22.5 Å². The third-order valence-electron chi connectivity index (χ3n) is 7.53. The number of amides is 2. The molecule has 6 nitrogen and oxygen atoms in total. The van der Waals surface area contributed by atoms with Gasteiger partial charge in [0.05, 0.1) is 17.3 Å². The van der Waals surface area contributed by atoms with Gasteiger partial charge in [0.15, 0.2) is 5.17 Å². The lowest BCUT2D eigenvalue weighted by molar-refractivity contribution is -0.113. The highest BCUT2D eigenvalue weighted by Gasteiger charge is 2.37. The molecule has 2 aliphatic heterocycles. The molecule has 0 radical (unpaired) electrons. The van der Waals surface area contributed by atoms with Gasteiger partial charge in [-0.3, -0.25) is 9.59 Å². The number of nitrogens with one attached hydrogen (secondary N) is 2. The van der Waals surface area contributed by atoms with Gasteiger partial charge >= 0.3 is 0 Å². The quantitative estimate of drug-likeness (QED) is 0.245. The molecule has 1 atom stereocenters. The summed E-state index contributed by atoms with van der Waals surface area (Å²) < 4.78 is 0. The van der Waals surface area contributed by atoms with Crippen LogP contribution in [0.5, 0.6) is 0 Å². The highest BCUT2D eigenvalue weighted by atomic mass is 32.2. The van der Waals surface area contributed by atoms with Crippen molar-refractivity contribution in [2.75, 3.05) is 22.9 Å². The number of nitrogens with zero attached hydrogens (tertiary/aromatic N) is 2. The van der Waals surface area contributed by atoms with Gasteiger partial charge in [0.1, 0.15) is 0 Å². The highest BCUT2D eigenvalue weighted by Crippen LogP contribution is 2.40. The van der Waals surface area contributed by atoms with Gasteiger partial charge in [-0.2, -0.15) is 0 Å². The van der Waals surface area contributed by atoms with E-state index < -0.39 is 0 Å². The molecule has 0 spiro atoms. The lowest BCUT2D eigenvalue weighted by atomic mass is 9.93. The standard InChI is InChI=1S/C34H38N4O2S/c1-3-4-5-7-12-25-17-19-26(20-18-25)32(39)37-29-16-10-13-27(23-29)31-30(33(40)36-28-14-8-6-9-15-28)24(2)35-34-38(31)21-11-22-41-34/h6,8-10,13-20,23,31H,3-5,7,11-12,21-22H2,1-2H3,(H,36,40)(H,37,39). The Morgan fingerprint density at radius 1 is 0.902 bits per heavy atom. The molecule has 3 aromatic rings. The Morgan fingerprint density at radius 2 is 1.66 bits per heavy atom. The minimum atomic E-state index is -0.303. The van der Waals surface area contributed by atoms with Gasteiger partial charge in [0.2, 0.25) is 0 Å². The maximum atomic E-state index is 13.7. The van der Waals surface area contributed by atoms with Crippen molar-refractivity contribution in [3.8, 4) is 0 Å². The van der Waals surface area contributed by atoms with Crippen LogP contribution in [0.3, 0.4) is 0 Å². The summed E-state index contributed by atoms with van der Waals surface area (Å²) >= 11 is 1.73. The average molecular weight is 567 g/mol. The molecule has 1 fully saturated rings. The number of unbranched alkanes of at least 4 members (excludes halogenated alkanes) is 3. The molecule has 0 saturated carbocycles. The summed E-state index contributed by atoms with van der Waals surface area (Å²) in [5, 5.41) is 7.08. The summed E-state index contributed by atoms with van der Waals surface area (Å²) in [6.07, 6.45) is 6.96. The van der Waals surface area contributed by atoms with Crippen molar-refractivity contribution in [3.63, 3.8) is 0 Å². The molecule has 2 N–H and O–H groups in total. The number of hydrogen-bond acceptors (Lipinski definition) is 5. The molecule has 0 bridgehead atoms. The number of anilines is 2. The van der Waals surface area contributed by atoms with Gasteiger partial charge in [0, 0.05) is 29.2 Å². The van der Waals surface area contributed by atoms with E-state index in [1.807, 2.05) is 73.7 Å². The summed E-state index contributed by atoms with van der Waals surface area (Å²) in [6, 6.07) is 25.0. The second-order valence-corrected chi connectivity index (χ2v) is 11.7. The van der Waals surface area contributed by atoms with Gasteiger partial charge in [-0.25, -0.2) is 4.99 Å². The largest absolute Gasteiger partial charge is 0.340 e. The lowest BCUT2D eigenvalue weighted by Crippen LogP contribution is -2.43. The molecule has 212 valence electrons. The van der Waals surface area contributed by atoms with E-state index in [9.17, 15) is 9.59 Å². The third kappa shape index (κ3) is 7.09. The smallest absolute Gasteiger partial charge is 0.255 e. The number of benzene rings is 3. The molecule has 1 unspecified atom stereocenters. The van der Waals surface area contributed by atoms with Gasteiger partial charge in [0.25, 0.3) is 11.8 Å². The molecule has 5 rings (SSSR count). The predicted molar refractivity (Wildman–Crippen MR) is 170 cm³/mol. The third-order valence-corrected chi connectivity index (χ3v) is 8.61. The fourth-order valence-corrected chi connectivity index (χ4v) is 6.41. The van der Waals surface area contributed by atoms with E-state index in [-0.39, 0.29) is 17.9 Å². The zero-order chi connectivity index (χ0) is 28.6. The van der Waals surface area contributed by atoms with E-state index >= 15 is 0 Å². The average Bonchev–Trinajstić information content (AvgIpc) is 2.99. The fraction of sp³-hybridized carbons (Fsp3) is 0.324. The normalized spacial score (nSPS) is 16.6. The van der Waals surface area contributed by atoms with Crippen LogP contribution >= 0.6 is 11.8 Å². The number of rotatable bonds is 10. The summed E-state index contributed by atoms with van der Waals surface area (Å²) in [5.41, 5.74) is 5.62.